The standard InChI is InChI=1S/C25H27N3O7S2/c1-18-13-14-22(36(31,32)27(2)3)16-23(18)26-24(29)17-35-25(30)19-9-8-12-21(15-19)37(33,34)28(4)20-10-6-5-7-11-20/h5-16H,17H2,1-4H3,(H,26,29). The van der Waals surface area contributed by atoms with Gasteiger partial charge in [0.1, 0.15) is 0 Å². The molecule has 0 spiro atoms. The van der Waals surface area contributed by atoms with Gasteiger partial charge in [-0.2, -0.15) is 0 Å². The van der Waals surface area contributed by atoms with Gasteiger partial charge in [-0.3, -0.25) is 9.10 Å². The summed E-state index contributed by atoms with van der Waals surface area (Å²) in [6.45, 7) is 1.02. The number of amides is 1. The Morgan fingerprint density at radius 3 is 2.11 bits per heavy atom. The number of sulfonamides is 2. The molecule has 196 valence electrons. The number of carbonyl (C=O) groups is 2. The van der Waals surface area contributed by atoms with Crippen molar-refractivity contribution in [3.05, 3.63) is 83.9 Å². The van der Waals surface area contributed by atoms with Crippen molar-refractivity contribution in [3.63, 3.8) is 0 Å². The monoisotopic (exact) mass is 545 g/mol. The summed E-state index contributed by atoms with van der Waals surface area (Å²) < 4.78 is 58.0. The molecular weight excluding hydrogens is 518 g/mol. The molecule has 0 aromatic heterocycles. The normalized spacial score (nSPS) is 11.7. The number of benzene rings is 3. The third-order valence-corrected chi connectivity index (χ3v) is 9.04. The maximum atomic E-state index is 13.0. The molecule has 3 aromatic carbocycles. The van der Waals surface area contributed by atoms with Crippen LogP contribution in [0.2, 0.25) is 0 Å². The van der Waals surface area contributed by atoms with Gasteiger partial charge in [0, 0.05) is 26.8 Å². The van der Waals surface area contributed by atoms with Crippen LogP contribution >= 0.6 is 0 Å². The molecule has 0 aliphatic carbocycles. The lowest BCUT2D eigenvalue weighted by Crippen LogP contribution is -2.27. The number of esters is 1. The maximum absolute atomic E-state index is 13.0. The highest BCUT2D eigenvalue weighted by atomic mass is 32.2. The highest BCUT2D eigenvalue weighted by molar-refractivity contribution is 7.92. The molecule has 12 heteroatoms. The number of rotatable bonds is 9. The molecular formula is C25H27N3O7S2. The zero-order chi connectivity index (χ0) is 27.4. The SMILES string of the molecule is Cc1ccc(S(=O)(=O)N(C)C)cc1NC(=O)COC(=O)c1cccc(S(=O)(=O)N(C)c2ccccc2)c1. The third-order valence-electron chi connectivity index (χ3n) is 5.44. The first-order valence-corrected chi connectivity index (χ1v) is 13.9. The molecule has 0 atom stereocenters. The Morgan fingerprint density at radius 2 is 1.46 bits per heavy atom. The van der Waals surface area contributed by atoms with Gasteiger partial charge in [-0.15, -0.1) is 0 Å². The van der Waals surface area contributed by atoms with Crippen molar-refractivity contribution in [2.75, 3.05) is 37.4 Å². The first-order valence-electron chi connectivity index (χ1n) is 11.0. The Labute approximate surface area is 216 Å². The molecule has 0 bridgehead atoms. The fourth-order valence-electron chi connectivity index (χ4n) is 3.23. The van der Waals surface area contributed by atoms with Gasteiger partial charge < -0.3 is 10.1 Å². The summed E-state index contributed by atoms with van der Waals surface area (Å²) in [5.41, 5.74) is 1.26. The van der Waals surface area contributed by atoms with Crippen molar-refractivity contribution >= 4 is 43.3 Å². The van der Waals surface area contributed by atoms with E-state index in [4.69, 9.17) is 4.74 Å². The lowest BCUT2D eigenvalue weighted by atomic mass is 10.2. The number of anilines is 2. The van der Waals surface area contributed by atoms with Gasteiger partial charge in [-0.05, 0) is 55.0 Å². The number of hydrogen-bond donors (Lipinski definition) is 1. The van der Waals surface area contributed by atoms with Crippen molar-refractivity contribution in [2.45, 2.75) is 16.7 Å². The Bertz CT molecular complexity index is 1520. The summed E-state index contributed by atoms with van der Waals surface area (Å²) in [6.07, 6.45) is 0. The van der Waals surface area contributed by atoms with Crippen LogP contribution in [0, 0.1) is 6.92 Å². The quantitative estimate of drug-likeness (QED) is 0.409. The van der Waals surface area contributed by atoms with Gasteiger partial charge in [0.2, 0.25) is 10.0 Å². The topological polar surface area (TPSA) is 130 Å². The van der Waals surface area contributed by atoms with E-state index in [0.717, 1.165) is 8.61 Å². The van der Waals surface area contributed by atoms with Gasteiger partial charge in [-0.25, -0.2) is 25.9 Å². The number of nitrogens with one attached hydrogen (secondary N) is 1. The van der Waals surface area contributed by atoms with Crippen molar-refractivity contribution < 1.29 is 31.2 Å². The number of nitrogens with zero attached hydrogens (tertiary/aromatic N) is 2. The van der Waals surface area contributed by atoms with Gasteiger partial charge >= 0.3 is 5.97 Å². The number of para-hydroxylation sites is 1. The Kier molecular flexibility index (Phi) is 8.36. The number of hydrogen-bond acceptors (Lipinski definition) is 7. The van der Waals surface area contributed by atoms with Crippen LogP contribution < -0.4 is 9.62 Å². The number of ether oxygens (including phenoxy) is 1. The summed E-state index contributed by atoms with van der Waals surface area (Å²) >= 11 is 0. The minimum atomic E-state index is -3.95. The summed E-state index contributed by atoms with van der Waals surface area (Å²) in [4.78, 5) is 24.8. The van der Waals surface area contributed by atoms with E-state index in [9.17, 15) is 26.4 Å². The molecule has 0 saturated heterocycles. The molecule has 3 aromatic rings. The van der Waals surface area contributed by atoms with Crippen molar-refractivity contribution in [3.8, 4) is 0 Å². The predicted octanol–water partition coefficient (Wildman–Crippen LogP) is 2.87. The Hall–Kier alpha value is -3.74. The van der Waals surface area contributed by atoms with Gasteiger partial charge in [0.25, 0.3) is 15.9 Å². The van der Waals surface area contributed by atoms with Gasteiger partial charge in [-0.1, -0.05) is 30.3 Å². The highest BCUT2D eigenvalue weighted by Crippen LogP contribution is 2.23. The van der Waals surface area contributed by atoms with E-state index in [0.29, 0.717) is 11.3 Å². The molecule has 37 heavy (non-hydrogen) atoms. The minimum Gasteiger partial charge on any atom is -0.452 e. The van der Waals surface area contributed by atoms with E-state index in [-0.39, 0.29) is 21.0 Å². The fraction of sp³-hybridized carbons (Fsp3) is 0.200. The van der Waals surface area contributed by atoms with E-state index in [1.54, 1.807) is 43.3 Å². The molecule has 0 heterocycles. The molecule has 0 aliphatic heterocycles. The molecule has 0 saturated carbocycles. The van der Waals surface area contributed by atoms with Crippen LogP contribution in [0.5, 0.6) is 0 Å². The first-order chi connectivity index (χ1) is 17.3. The minimum absolute atomic E-state index is 0.00566. The van der Waals surface area contributed by atoms with Crippen LogP contribution in [0.3, 0.4) is 0 Å². The first kappa shape index (κ1) is 27.8. The average Bonchev–Trinajstić information content (AvgIpc) is 2.88. The molecule has 0 radical (unpaired) electrons. The second-order valence-electron chi connectivity index (χ2n) is 8.22. The fourth-order valence-corrected chi connectivity index (χ4v) is 5.40. The summed E-state index contributed by atoms with van der Waals surface area (Å²) in [5, 5.41) is 2.54. The molecule has 0 aliphatic rings. The molecule has 1 amide bonds. The highest BCUT2D eigenvalue weighted by Gasteiger charge is 2.23. The average molecular weight is 546 g/mol. The molecule has 3 rings (SSSR count). The lowest BCUT2D eigenvalue weighted by Gasteiger charge is -2.19. The number of aryl methyl sites for hydroxylation is 1. The van der Waals surface area contributed by atoms with Crippen LogP contribution in [0.4, 0.5) is 11.4 Å². The second-order valence-corrected chi connectivity index (χ2v) is 12.3. The smallest absolute Gasteiger partial charge is 0.338 e. The van der Waals surface area contributed by atoms with Crippen LogP contribution in [-0.4, -0.2) is 60.8 Å². The Balaban J connectivity index is 1.70. The Morgan fingerprint density at radius 1 is 0.811 bits per heavy atom. The molecule has 0 unspecified atom stereocenters. The van der Waals surface area contributed by atoms with Crippen LogP contribution in [-0.2, 0) is 29.6 Å². The number of carbonyl (C=O) groups excluding carboxylic acids is 2. The van der Waals surface area contributed by atoms with E-state index in [1.165, 1.54) is 57.5 Å². The lowest BCUT2D eigenvalue weighted by molar-refractivity contribution is -0.119. The van der Waals surface area contributed by atoms with Crippen molar-refractivity contribution in [2.24, 2.45) is 0 Å². The summed E-state index contributed by atoms with van der Waals surface area (Å²) in [5.74, 6) is -1.58. The molecule has 0 fully saturated rings. The van der Waals surface area contributed by atoms with E-state index >= 15 is 0 Å². The largest absolute Gasteiger partial charge is 0.452 e. The molecule has 10 nitrogen and oxygen atoms in total. The van der Waals surface area contributed by atoms with Crippen LogP contribution in [0.15, 0.2) is 82.6 Å². The second kappa shape index (κ2) is 11.1. The predicted molar refractivity (Wildman–Crippen MR) is 139 cm³/mol. The van der Waals surface area contributed by atoms with Gasteiger partial charge in [0.05, 0.1) is 21.0 Å². The van der Waals surface area contributed by atoms with Crippen molar-refractivity contribution in [1.82, 2.24) is 4.31 Å². The van der Waals surface area contributed by atoms with Crippen LogP contribution in [0.1, 0.15) is 15.9 Å². The summed E-state index contributed by atoms with van der Waals surface area (Å²) in [6, 6.07) is 18.1. The molecule has 1 N–H and O–H groups in total. The zero-order valence-corrected chi connectivity index (χ0v) is 22.3. The third kappa shape index (κ3) is 6.34. The summed E-state index contributed by atoms with van der Waals surface area (Å²) in [7, 11) is -3.47. The maximum Gasteiger partial charge on any atom is 0.338 e. The van der Waals surface area contributed by atoms with Crippen molar-refractivity contribution in [1.29, 1.82) is 0 Å². The van der Waals surface area contributed by atoms with Crippen LogP contribution in [0.25, 0.3) is 0 Å². The zero-order valence-electron chi connectivity index (χ0n) is 20.7. The van der Waals surface area contributed by atoms with E-state index < -0.39 is 38.5 Å². The van der Waals surface area contributed by atoms with Gasteiger partial charge in [0.15, 0.2) is 6.61 Å². The van der Waals surface area contributed by atoms with E-state index in [2.05, 4.69) is 5.32 Å². The van der Waals surface area contributed by atoms with E-state index in [1.807, 2.05) is 0 Å².